The average molecular weight is 397 g/mol. The quantitative estimate of drug-likeness (QED) is 0.634. The first-order valence-electron chi connectivity index (χ1n) is 8.48. The van der Waals surface area contributed by atoms with E-state index in [1.165, 1.54) is 0 Å². The van der Waals surface area contributed by atoms with E-state index >= 15 is 0 Å². The first-order valence-corrected chi connectivity index (χ1v) is 10.7. The predicted octanol–water partition coefficient (Wildman–Crippen LogP) is 2.29. The monoisotopic (exact) mass is 396 g/mol. The van der Waals surface area contributed by atoms with Crippen molar-refractivity contribution < 1.29 is 8.42 Å². The highest BCUT2D eigenvalue weighted by atomic mass is 32.2. The summed E-state index contributed by atoms with van der Waals surface area (Å²) in [4.78, 5) is 0. The van der Waals surface area contributed by atoms with Crippen LogP contribution in [0.5, 0.6) is 0 Å². The molecule has 0 saturated carbocycles. The molecule has 1 fully saturated rings. The number of hydrogen-bond donors (Lipinski definition) is 1. The second-order valence-electron chi connectivity index (χ2n) is 7.74. The van der Waals surface area contributed by atoms with E-state index in [-0.39, 0.29) is 23.0 Å². The molecular formula is C16H24N6O2S2. The van der Waals surface area contributed by atoms with Crippen LogP contribution in [0, 0.1) is 18.6 Å². The first kappa shape index (κ1) is 19.0. The van der Waals surface area contributed by atoms with Crippen LogP contribution in [0.25, 0.3) is 0 Å². The van der Waals surface area contributed by atoms with Crippen molar-refractivity contribution in [1.82, 2.24) is 24.7 Å². The number of aromatic amines is 1. The zero-order valence-corrected chi connectivity index (χ0v) is 17.3. The van der Waals surface area contributed by atoms with Crippen molar-refractivity contribution in [3.05, 3.63) is 27.5 Å². The number of rotatable bonds is 3. The molecule has 1 N–H and O–H groups in total. The Hall–Kier alpha value is -1.81. The molecular weight excluding hydrogens is 372 g/mol. The summed E-state index contributed by atoms with van der Waals surface area (Å²) in [6, 6.07) is -0.109. The third kappa shape index (κ3) is 3.52. The highest BCUT2D eigenvalue weighted by Gasteiger charge is 2.31. The summed E-state index contributed by atoms with van der Waals surface area (Å²) in [5.74, 6) is 1.11. The van der Waals surface area contributed by atoms with Crippen molar-refractivity contribution in [3.63, 3.8) is 0 Å². The van der Waals surface area contributed by atoms with Gasteiger partial charge >= 0.3 is 0 Å². The summed E-state index contributed by atoms with van der Waals surface area (Å²) >= 11 is 5.28. The van der Waals surface area contributed by atoms with E-state index in [1.807, 2.05) is 39.3 Å². The normalized spacial score (nSPS) is 20.3. The van der Waals surface area contributed by atoms with Gasteiger partial charge in [0.25, 0.3) is 0 Å². The second-order valence-corrected chi connectivity index (χ2v) is 10.4. The summed E-state index contributed by atoms with van der Waals surface area (Å²) in [5, 5.41) is 16.1. The fourth-order valence-electron chi connectivity index (χ4n) is 3.19. The topological polar surface area (TPSA) is 97.9 Å². The smallest absolute Gasteiger partial charge is 0.216 e. The fourth-order valence-corrected chi connectivity index (χ4v) is 5.06. The van der Waals surface area contributed by atoms with E-state index in [9.17, 15) is 8.42 Å². The lowest BCUT2D eigenvalue weighted by atomic mass is 9.96. The molecule has 1 aliphatic rings. The van der Waals surface area contributed by atoms with Gasteiger partial charge in [-0.25, -0.2) is 8.42 Å². The number of sulfone groups is 1. The Bertz CT molecular complexity index is 1020. The molecule has 10 heteroatoms. The van der Waals surface area contributed by atoms with Gasteiger partial charge in [-0.3, -0.25) is 9.78 Å². The molecule has 0 amide bonds. The SMILES string of the molecule is Cc1nn([C@H]2CCS(=O)(=O)C2)c(C)c1/C=N\n1c(C(C)(C)C)n[nH]c1=S. The van der Waals surface area contributed by atoms with Gasteiger partial charge in [0.2, 0.25) is 4.77 Å². The fraction of sp³-hybridized carbons (Fsp3) is 0.625. The van der Waals surface area contributed by atoms with Gasteiger partial charge < -0.3 is 0 Å². The van der Waals surface area contributed by atoms with Gasteiger partial charge in [-0.15, -0.1) is 0 Å². The summed E-state index contributed by atoms with van der Waals surface area (Å²) in [6.45, 7) is 9.95. The van der Waals surface area contributed by atoms with E-state index in [0.29, 0.717) is 11.2 Å². The van der Waals surface area contributed by atoms with Crippen LogP contribution in [0.1, 0.15) is 56.0 Å². The molecule has 142 valence electrons. The van der Waals surface area contributed by atoms with E-state index in [2.05, 4.69) is 20.4 Å². The number of aryl methyl sites for hydroxylation is 1. The number of hydrogen-bond acceptors (Lipinski definition) is 6. The minimum Gasteiger partial charge on any atom is -0.265 e. The number of nitrogens with zero attached hydrogens (tertiary/aromatic N) is 5. The molecule has 1 saturated heterocycles. The van der Waals surface area contributed by atoms with Crippen molar-refractivity contribution in [2.45, 2.75) is 52.5 Å². The van der Waals surface area contributed by atoms with Crippen molar-refractivity contribution in [3.8, 4) is 0 Å². The maximum atomic E-state index is 11.8. The zero-order chi connectivity index (χ0) is 19.3. The molecule has 1 atom stereocenters. The Morgan fingerprint density at radius 1 is 1.35 bits per heavy atom. The maximum Gasteiger partial charge on any atom is 0.216 e. The van der Waals surface area contributed by atoms with Gasteiger partial charge in [0.05, 0.1) is 29.5 Å². The van der Waals surface area contributed by atoms with E-state index in [0.717, 1.165) is 22.8 Å². The number of aromatic nitrogens is 5. The van der Waals surface area contributed by atoms with Crippen LogP contribution in [-0.2, 0) is 15.3 Å². The minimum atomic E-state index is -2.96. The van der Waals surface area contributed by atoms with E-state index in [4.69, 9.17) is 12.2 Å². The summed E-state index contributed by atoms with van der Waals surface area (Å²) < 4.78 is 27.4. The average Bonchev–Trinajstić information content (AvgIpc) is 3.14. The van der Waals surface area contributed by atoms with Crippen LogP contribution in [-0.4, -0.2) is 50.8 Å². The van der Waals surface area contributed by atoms with Crippen molar-refractivity contribution >= 4 is 28.3 Å². The Kier molecular flexibility index (Phi) is 4.68. The lowest BCUT2D eigenvalue weighted by molar-refractivity contribution is 0.486. The molecule has 0 spiro atoms. The highest BCUT2D eigenvalue weighted by Crippen LogP contribution is 2.26. The second kappa shape index (κ2) is 6.41. The molecule has 0 unspecified atom stereocenters. The van der Waals surface area contributed by atoms with Crippen LogP contribution in [0.4, 0.5) is 0 Å². The Labute approximate surface area is 158 Å². The first-order chi connectivity index (χ1) is 12.0. The van der Waals surface area contributed by atoms with Gasteiger partial charge in [-0.05, 0) is 32.5 Å². The molecule has 2 aromatic heterocycles. The molecule has 2 aromatic rings. The molecule has 8 nitrogen and oxygen atoms in total. The Morgan fingerprint density at radius 3 is 2.62 bits per heavy atom. The van der Waals surface area contributed by atoms with Gasteiger partial charge in [-0.1, -0.05) is 20.8 Å². The highest BCUT2D eigenvalue weighted by molar-refractivity contribution is 7.91. The molecule has 26 heavy (non-hydrogen) atoms. The summed E-state index contributed by atoms with van der Waals surface area (Å²) in [7, 11) is -2.96. The van der Waals surface area contributed by atoms with E-state index in [1.54, 1.807) is 10.9 Å². The number of H-pyrrole nitrogens is 1. The van der Waals surface area contributed by atoms with Crippen LogP contribution in [0.3, 0.4) is 0 Å². The largest absolute Gasteiger partial charge is 0.265 e. The number of nitrogens with one attached hydrogen (secondary N) is 1. The zero-order valence-electron chi connectivity index (χ0n) is 15.6. The lowest BCUT2D eigenvalue weighted by Gasteiger charge is -2.15. The standard InChI is InChI=1S/C16H24N6O2S2/c1-10-13(8-17-22-14(16(3,4)5)18-19-15(22)25)11(2)21(20-10)12-6-7-26(23,24)9-12/h8,12H,6-7,9H2,1-5H3,(H,19,25)/b17-8-/t12-/m0/s1. The van der Waals surface area contributed by atoms with Gasteiger partial charge in [0, 0.05) is 16.7 Å². The molecule has 1 aliphatic heterocycles. The van der Waals surface area contributed by atoms with Crippen LogP contribution < -0.4 is 0 Å². The van der Waals surface area contributed by atoms with Crippen molar-refractivity contribution in [1.29, 1.82) is 0 Å². The summed E-state index contributed by atoms with van der Waals surface area (Å²) in [6.07, 6.45) is 2.32. The molecule has 0 aromatic carbocycles. The lowest BCUT2D eigenvalue weighted by Crippen LogP contribution is -2.17. The maximum absolute atomic E-state index is 11.8. The molecule has 0 aliphatic carbocycles. The van der Waals surface area contributed by atoms with Gasteiger partial charge in [0.1, 0.15) is 0 Å². The van der Waals surface area contributed by atoms with E-state index < -0.39 is 9.84 Å². The third-order valence-electron chi connectivity index (χ3n) is 4.56. The van der Waals surface area contributed by atoms with Gasteiger partial charge in [0.15, 0.2) is 15.7 Å². The Balaban J connectivity index is 1.97. The predicted molar refractivity (Wildman–Crippen MR) is 103 cm³/mol. The molecule has 3 heterocycles. The van der Waals surface area contributed by atoms with Crippen molar-refractivity contribution in [2.75, 3.05) is 11.5 Å². The van der Waals surface area contributed by atoms with Crippen molar-refractivity contribution in [2.24, 2.45) is 5.10 Å². The van der Waals surface area contributed by atoms with Crippen LogP contribution in [0.2, 0.25) is 0 Å². The molecule has 0 bridgehead atoms. The van der Waals surface area contributed by atoms with Crippen LogP contribution in [0.15, 0.2) is 5.10 Å². The van der Waals surface area contributed by atoms with Crippen LogP contribution >= 0.6 is 12.2 Å². The van der Waals surface area contributed by atoms with Gasteiger partial charge in [-0.2, -0.15) is 20.0 Å². The minimum absolute atomic E-state index is 0.109. The molecule has 3 rings (SSSR count). The molecule has 0 radical (unpaired) electrons. The Morgan fingerprint density at radius 2 is 2.04 bits per heavy atom. The third-order valence-corrected chi connectivity index (χ3v) is 6.57. The summed E-state index contributed by atoms with van der Waals surface area (Å²) in [5.41, 5.74) is 2.37.